The summed E-state index contributed by atoms with van der Waals surface area (Å²) in [6.07, 6.45) is 10.8. The molecule has 5 heteroatoms. The quantitative estimate of drug-likeness (QED) is 0.511. The summed E-state index contributed by atoms with van der Waals surface area (Å²) in [6, 6.07) is 0. The van der Waals surface area contributed by atoms with Gasteiger partial charge in [0.05, 0.1) is 5.57 Å². The summed E-state index contributed by atoms with van der Waals surface area (Å²) in [5.41, 5.74) is 2.62. The Kier molecular flexibility index (Phi) is 5.41. The van der Waals surface area contributed by atoms with E-state index in [4.69, 9.17) is 9.47 Å². The summed E-state index contributed by atoms with van der Waals surface area (Å²) in [7, 11) is 0. The van der Waals surface area contributed by atoms with Gasteiger partial charge in [-0.2, -0.15) is 0 Å². The van der Waals surface area contributed by atoms with Crippen LogP contribution in [0.2, 0.25) is 0 Å². The van der Waals surface area contributed by atoms with Crippen molar-refractivity contribution in [3.63, 3.8) is 0 Å². The van der Waals surface area contributed by atoms with E-state index in [2.05, 4.69) is 32.9 Å². The Morgan fingerprint density at radius 3 is 2.67 bits per heavy atom. The molecule has 2 aliphatic carbocycles. The number of hydrogen-bond donors (Lipinski definition) is 1. The molecule has 1 saturated carbocycles. The fourth-order valence-electron chi connectivity index (χ4n) is 6.02. The Labute approximate surface area is 178 Å². The van der Waals surface area contributed by atoms with Gasteiger partial charge in [-0.3, -0.25) is 0 Å². The molecule has 4 aliphatic rings. The summed E-state index contributed by atoms with van der Waals surface area (Å²) < 4.78 is 11.0. The maximum atomic E-state index is 12.5. The van der Waals surface area contributed by atoms with Gasteiger partial charge in [-0.25, -0.2) is 9.59 Å². The molecule has 0 aromatic heterocycles. The molecule has 0 bridgehead atoms. The molecule has 5 nitrogen and oxygen atoms in total. The van der Waals surface area contributed by atoms with Crippen molar-refractivity contribution < 1.29 is 24.2 Å². The van der Waals surface area contributed by atoms with E-state index in [0.29, 0.717) is 30.4 Å². The Bertz CT molecular complexity index is 889. The number of aliphatic hydroxyl groups is 1. The average Bonchev–Trinajstić information content (AvgIpc) is 3.35. The van der Waals surface area contributed by atoms with Gasteiger partial charge in [-0.15, -0.1) is 0 Å². The molecular formula is C25H32O5. The number of allylic oxidation sites excluding steroid dienone is 2. The number of fused-ring (bicyclic) bond motifs is 2. The van der Waals surface area contributed by atoms with Crippen molar-refractivity contribution in [1.82, 2.24) is 0 Å². The molecular weight excluding hydrogens is 380 g/mol. The molecule has 0 radical (unpaired) electrons. The number of hydrogen-bond acceptors (Lipinski definition) is 5. The molecule has 4 rings (SSSR count). The molecule has 0 amide bonds. The number of carbonyl (C=O) groups excluding carboxylic acids is 2. The van der Waals surface area contributed by atoms with Crippen molar-refractivity contribution in [2.24, 2.45) is 23.7 Å². The molecule has 1 spiro atoms. The highest BCUT2D eigenvalue weighted by Crippen LogP contribution is 2.58. The topological polar surface area (TPSA) is 72.8 Å². The molecule has 0 saturated heterocycles. The lowest BCUT2D eigenvalue weighted by molar-refractivity contribution is -0.160. The zero-order chi connectivity index (χ0) is 21.6. The molecule has 0 unspecified atom stereocenters. The number of esters is 2. The predicted octanol–water partition coefficient (Wildman–Crippen LogP) is 4.95. The lowest BCUT2D eigenvalue weighted by Crippen LogP contribution is -2.52. The number of rotatable bonds is 5. The molecule has 0 aromatic carbocycles. The first-order chi connectivity index (χ1) is 14.3. The summed E-state index contributed by atoms with van der Waals surface area (Å²) in [6.45, 7) is 8.50. The highest BCUT2D eigenvalue weighted by molar-refractivity contribution is 5.92. The van der Waals surface area contributed by atoms with Crippen LogP contribution in [0.4, 0.5) is 0 Å². The average molecular weight is 413 g/mol. The Morgan fingerprint density at radius 2 is 2.03 bits per heavy atom. The molecule has 1 fully saturated rings. The fourth-order valence-corrected chi connectivity index (χ4v) is 6.02. The highest BCUT2D eigenvalue weighted by atomic mass is 16.6. The van der Waals surface area contributed by atoms with E-state index in [1.165, 1.54) is 11.1 Å². The third kappa shape index (κ3) is 3.23. The van der Waals surface area contributed by atoms with Crippen LogP contribution >= 0.6 is 0 Å². The Morgan fingerprint density at radius 1 is 1.27 bits per heavy atom. The fraction of sp³-hybridized carbons (Fsp3) is 0.600. The van der Waals surface area contributed by atoms with Crippen LogP contribution in [0.3, 0.4) is 0 Å². The number of carbonyl (C=O) groups is 2. The first kappa shape index (κ1) is 21.0. The normalized spacial score (nSPS) is 36.1. The van der Waals surface area contributed by atoms with E-state index < -0.39 is 11.6 Å². The zero-order valence-electron chi connectivity index (χ0n) is 18.4. The van der Waals surface area contributed by atoms with E-state index in [9.17, 15) is 14.7 Å². The Hall–Kier alpha value is -2.30. The largest absolute Gasteiger partial charge is 0.507 e. The van der Waals surface area contributed by atoms with Gasteiger partial charge in [0.1, 0.15) is 12.4 Å². The molecule has 2 aliphatic heterocycles. The zero-order valence-corrected chi connectivity index (χ0v) is 18.4. The van der Waals surface area contributed by atoms with Gasteiger partial charge in [0.15, 0.2) is 5.60 Å². The summed E-state index contributed by atoms with van der Waals surface area (Å²) >= 11 is 0. The third-order valence-electron chi connectivity index (χ3n) is 7.58. The summed E-state index contributed by atoms with van der Waals surface area (Å²) in [5.74, 6) is 0.134. The minimum atomic E-state index is -0.986. The lowest BCUT2D eigenvalue weighted by Gasteiger charge is -2.46. The van der Waals surface area contributed by atoms with Crippen molar-refractivity contribution in [2.45, 2.75) is 65.4 Å². The van der Waals surface area contributed by atoms with Crippen molar-refractivity contribution >= 4 is 11.9 Å². The van der Waals surface area contributed by atoms with Crippen LogP contribution in [0.5, 0.6) is 0 Å². The van der Waals surface area contributed by atoms with E-state index in [1.54, 1.807) is 6.92 Å². The maximum absolute atomic E-state index is 12.5. The van der Waals surface area contributed by atoms with Gasteiger partial charge in [0.25, 0.3) is 0 Å². The van der Waals surface area contributed by atoms with Crippen LogP contribution in [0, 0.1) is 23.7 Å². The van der Waals surface area contributed by atoms with E-state index in [-0.39, 0.29) is 23.6 Å². The molecule has 162 valence electrons. The molecule has 2 heterocycles. The van der Waals surface area contributed by atoms with E-state index >= 15 is 0 Å². The van der Waals surface area contributed by atoms with Crippen LogP contribution in [-0.2, 0) is 19.1 Å². The first-order valence-corrected chi connectivity index (χ1v) is 11.1. The predicted molar refractivity (Wildman–Crippen MR) is 113 cm³/mol. The van der Waals surface area contributed by atoms with Gasteiger partial charge >= 0.3 is 11.9 Å². The summed E-state index contributed by atoms with van der Waals surface area (Å²) in [5, 5.41) is 11.1. The maximum Gasteiger partial charge on any atom is 0.338 e. The van der Waals surface area contributed by atoms with Crippen LogP contribution in [0.15, 0.2) is 46.3 Å². The van der Waals surface area contributed by atoms with Gasteiger partial charge in [-0.05, 0) is 70.8 Å². The Balaban J connectivity index is 1.61. The monoisotopic (exact) mass is 412 g/mol. The standard InChI is InChI=1S/C25H32O5/c1-14(6-5-7-18-10-11-29-24(18)28)12-19-13-16(3)20-9-8-15(2)21(20)25(19)22(26)17(4)23(27)30-25/h10,12-13,15,19-21,26H,5-9,11H2,1-4H3/b14-12+/t15-,19+,20-,21+,25+/m0/s1. The second kappa shape index (κ2) is 7.75. The second-order valence-corrected chi connectivity index (χ2v) is 9.47. The van der Waals surface area contributed by atoms with Crippen LogP contribution in [0.25, 0.3) is 0 Å². The molecule has 1 N–H and O–H groups in total. The minimum Gasteiger partial charge on any atom is -0.507 e. The molecule has 30 heavy (non-hydrogen) atoms. The van der Waals surface area contributed by atoms with Crippen LogP contribution in [0.1, 0.15) is 59.8 Å². The third-order valence-corrected chi connectivity index (χ3v) is 7.58. The van der Waals surface area contributed by atoms with Gasteiger partial charge in [0.2, 0.25) is 0 Å². The summed E-state index contributed by atoms with van der Waals surface area (Å²) in [4.78, 5) is 24.1. The van der Waals surface area contributed by atoms with E-state index in [0.717, 1.165) is 31.3 Å². The number of aliphatic hydroxyl groups excluding tert-OH is 1. The highest BCUT2D eigenvalue weighted by Gasteiger charge is 2.62. The van der Waals surface area contributed by atoms with Gasteiger partial charge in [-0.1, -0.05) is 30.2 Å². The number of ether oxygens (including phenoxy) is 2. The SMILES string of the molecule is CC1=C[C@@H](/C=C(\C)CCCC2=CCOC2=O)[C@@]2(OC(=O)C(C)=C2O)[C@@H]2[C@@H](C)CC[C@@H]12. The lowest BCUT2D eigenvalue weighted by atomic mass is 9.62. The van der Waals surface area contributed by atoms with Crippen molar-refractivity contribution in [2.75, 3.05) is 6.61 Å². The van der Waals surface area contributed by atoms with E-state index in [1.807, 2.05) is 6.08 Å². The molecule has 5 atom stereocenters. The first-order valence-electron chi connectivity index (χ1n) is 11.1. The molecule has 0 aromatic rings. The van der Waals surface area contributed by atoms with Crippen molar-refractivity contribution in [1.29, 1.82) is 0 Å². The second-order valence-electron chi connectivity index (χ2n) is 9.47. The van der Waals surface area contributed by atoms with Crippen LogP contribution < -0.4 is 0 Å². The van der Waals surface area contributed by atoms with Gasteiger partial charge < -0.3 is 14.6 Å². The minimum absolute atomic E-state index is 0.0939. The number of cyclic esters (lactones) is 1. The van der Waals surface area contributed by atoms with Crippen molar-refractivity contribution in [3.05, 3.63) is 46.3 Å². The van der Waals surface area contributed by atoms with Gasteiger partial charge in [0, 0.05) is 17.4 Å². The van der Waals surface area contributed by atoms with Crippen molar-refractivity contribution in [3.8, 4) is 0 Å². The van der Waals surface area contributed by atoms with Crippen LogP contribution in [-0.4, -0.2) is 29.3 Å². The smallest absolute Gasteiger partial charge is 0.338 e.